The van der Waals surface area contributed by atoms with Gasteiger partial charge in [-0.2, -0.15) is 0 Å². The van der Waals surface area contributed by atoms with Crippen LogP contribution in [0.1, 0.15) is 52.4 Å². The fourth-order valence-corrected chi connectivity index (χ4v) is 3.11. The van der Waals surface area contributed by atoms with E-state index >= 15 is 0 Å². The number of thiocarbonyl (C=S) groups is 2. The summed E-state index contributed by atoms with van der Waals surface area (Å²) < 4.78 is 2.15. The topological polar surface area (TPSA) is 0 Å². The van der Waals surface area contributed by atoms with Gasteiger partial charge in [0.2, 0.25) is 0 Å². The minimum atomic E-state index is 1.08. The van der Waals surface area contributed by atoms with Gasteiger partial charge in [-0.3, -0.25) is 0 Å². The fourth-order valence-electron chi connectivity index (χ4n) is 1.34. The van der Waals surface area contributed by atoms with Crippen molar-refractivity contribution in [3.8, 4) is 0 Å². The van der Waals surface area contributed by atoms with Gasteiger partial charge in [-0.25, -0.2) is 0 Å². The number of thioether (sulfide) groups is 2. The maximum absolute atomic E-state index is 5.02. The van der Waals surface area contributed by atoms with Crippen molar-refractivity contribution in [2.45, 2.75) is 52.4 Å². The van der Waals surface area contributed by atoms with E-state index in [1.165, 1.54) is 50.0 Å². The first kappa shape index (κ1) is 16.9. The lowest BCUT2D eigenvalue weighted by atomic mass is 10.1. The van der Waals surface area contributed by atoms with Gasteiger partial charge in [0.1, 0.15) is 0 Å². The Labute approximate surface area is 120 Å². The Morgan fingerprint density at radius 2 is 1.00 bits per heavy atom. The molecule has 0 amide bonds. The molecule has 0 aromatic rings. The van der Waals surface area contributed by atoms with Crippen LogP contribution in [0.5, 0.6) is 0 Å². The molecule has 0 aromatic carbocycles. The third-order valence-electron chi connectivity index (χ3n) is 2.15. The first-order valence-corrected chi connectivity index (χ1v) is 8.68. The molecule has 0 radical (unpaired) electrons. The van der Waals surface area contributed by atoms with Crippen LogP contribution < -0.4 is 0 Å². The minimum Gasteiger partial charge on any atom is -0.119 e. The molecule has 0 saturated carbocycles. The molecule has 0 unspecified atom stereocenters. The van der Waals surface area contributed by atoms with Gasteiger partial charge in [0.05, 0.1) is 0 Å². The van der Waals surface area contributed by atoms with Gasteiger partial charge in [-0.1, -0.05) is 50.1 Å². The van der Waals surface area contributed by atoms with E-state index in [2.05, 4.69) is 0 Å². The fraction of sp³-hybridized carbons (Fsp3) is 0.833. The first-order chi connectivity index (χ1) is 7.63. The molecule has 0 saturated heterocycles. The first-order valence-electron chi connectivity index (χ1n) is 5.89. The predicted octanol–water partition coefficient (Wildman–Crippen LogP) is 5.49. The Bertz CT molecular complexity index is 179. The number of hydrogen-bond donors (Lipinski definition) is 0. The molecule has 0 aromatic heterocycles. The van der Waals surface area contributed by atoms with Crippen LogP contribution in [0.2, 0.25) is 0 Å². The van der Waals surface area contributed by atoms with Gasteiger partial charge in [0.25, 0.3) is 0 Å². The second kappa shape index (κ2) is 12.3. The zero-order valence-electron chi connectivity index (χ0n) is 10.3. The standard InChI is InChI=1S/C12H22S4/c1-11(13)15-9-7-5-3-4-6-8-10-16-12(2)14/h3-10H2,1-2H3. The molecule has 0 atom stereocenters. The highest BCUT2D eigenvalue weighted by molar-refractivity contribution is 8.23. The van der Waals surface area contributed by atoms with E-state index in [1.54, 1.807) is 0 Å². The Morgan fingerprint density at radius 3 is 1.31 bits per heavy atom. The van der Waals surface area contributed by atoms with Crippen molar-refractivity contribution >= 4 is 56.4 Å². The molecule has 94 valence electrons. The normalized spacial score (nSPS) is 10.4. The summed E-state index contributed by atoms with van der Waals surface area (Å²) in [4.78, 5) is 0. The van der Waals surface area contributed by atoms with E-state index in [0.29, 0.717) is 0 Å². The zero-order chi connectivity index (χ0) is 12.2. The average molecular weight is 295 g/mol. The highest BCUT2D eigenvalue weighted by Gasteiger charge is 1.94. The number of hydrogen-bond acceptors (Lipinski definition) is 4. The van der Waals surface area contributed by atoms with Crippen molar-refractivity contribution in [2.24, 2.45) is 0 Å². The van der Waals surface area contributed by atoms with Crippen LogP contribution in [-0.2, 0) is 0 Å². The molecule has 0 heterocycles. The lowest BCUT2D eigenvalue weighted by molar-refractivity contribution is 0.629. The third-order valence-corrected chi connectivity index (χ3v) is 4.66. The van der Waals surface area contributed by atoms with Crippen molar-refractivity contribution in [1.82, 2.24) is 0 Å². The van der Waals surface area contributed by atoms with Crippen molar-refractivity contribution in [3.05, 3.63) is 0 Å². The molecule has 0 spiro atoms. The van der Waals surface area contributed by atoms with Gasteiger partial charge in [-0.15, -0.1) is 23.5 Å². The van der Waals surface area contributed by atoms with Gasteiger partial charge in [-0.05, 0) is 38.2 Å². The van der Waals surface area contributed by atoms with E-state index in [1.807, 2.05) is 37.4 Å². The van der Waals surface area contributed by atoms with Crippen molar-refractivity contribution in [2.75, 3.05) is 11.5 Å². The molecule has 4 heteroatoms. The number of unbranched alkanes of at least 4 members (excludes halogenated alkanes) is 5. The van der Waals surface area contributed by atoms with Crippen LogP contribution in [0, 0.1) is 0 Å². The van der Waals surface area contributed by atoms with Gasteiger partial charge in [0.15, 0.2) is 0 Å². The molecule has 16 heavy (non-hydrogen) atoms. The zero-order valence-corrected chi connectivity index (χ0v) is 13.6. The largest absolute Gasteiger partial charge is 0.119 e. The average Bonchev–Trinajstić information content (AvgIpc) is 2.20. The Hall–Kier alpha value is 0.880. The van der Waals surface area contributed by atoms with Crippen LogP contribution in [0.4, 0.5) is 0 Å². The van der Waals surface area contributed by atoms with Crippen LogP contribution in [0.15, 0.2) is 0 Å². The molecule has 0 aliphatic rings. The molecule has 0 nitrogen and oxygen atoms in total. The quantitative estimate of drug-likeness (QED) is 0.407. The van der Waals surface area contributed by atoms with Crippen LogP contribution >= 0.6 is 48.0 Å². The van der Waals surface area contributed by atoms with Crippen LogP contribution in [0.3, 0.4) is 0 Å². The lowest BCUT2D eigenvalue weighted by Crippen LogP contribution is -1.87. The summed E-state index contributed by atoms with van der Waals surface area (Å²) in [5.41, 5.74) is 0. The minimum absolute atomic E-state index is 1.08. The van der Waals surface area contributed by atoms with Crippen molar-refractivity contribution in [3.63, 3.8) is 0 Å². The van der Waals surface area contributed by atoms with Gasteiger partial charge in [0, 0.05) is 8.39 Å². The maximum Gasteiger partial charge on any atom is 0.0447 e. The molecule has 0 fully saturated rings. The molecule has 0 rings (SSSR count). The van der Waals surface area contributed by atoms with Gasteiger partial charge >= 0.3 is 0 Å². The predicted molar refractivity (Wildman–Crippen MR) is 89.2 cm³/mol. The highest BCUT2D eigenvalue weighted by Crippen LogP contribution is 2.13. The molecular weight excluding hydrogens is 272 g/mol. The summed E-state index contributed by atoms with van der Waals surface area (Å²) in [5.74, 6) is 2.41. The van der Waals surface area contributed by atoms with Crippen LogP contribution in [-0.4, -0.2) is 19.9 Å². The highest BCUT2D eigenvalue weighted by atomic mass is 32.2. The van der Waals surface area contributed by atoms with E-state index in [4.69, 9.17) is 24.4 Å². The third kappa shape index (κ3) is 14.9. The summed E-state index contributed by atoms with van der Waals surface area (Å²) in [6, 6.07) is 0. The SMILES string of the molecule is CC(=S)SCCCCCCCCSC(C)=S. The van der Waals surface area contributed by atoms with Crippen molar-refractivity contribution in [1.29, 1.82) is 0 Å². The summed E-state index contributed by atoms with van der Waals surface area (Å²) in [6.07, 6.45) is 8.08. The smallest absolute Gasteiger partial charge is 0.0447 e. The summed E-state index contributed by atoms with van der Waals surface area (Å²) in [5, 5.41) is 0. The maximum atomic E-state index is 5.02. The van der Waals surface area contributed by atoms with E-state index in [9.17, 15) is 0 Å². The van der Waals surface area contributed by atoms with Gasteiger partial charge < -0.3 is 0 Å². The molecule has 0 bridgehead atoms. The molecule has 0 aliphatic carbocycles. The monoisotopic (exact) mass is 294 g/mol. The Balaban J connectivity index is 2.98. The van der Waals surface area contributed by atoms with E-state index < -0.39 is 0 Å². The summed E-state index contributed by atoms with van der Waals surface area (Å²) in [6.45, 7) is 4.02. The van der Waals surface area contributed by atoms with Crippen LogP contribution in [0.25, 0.3) is 0 Å². The summed E-state index contributed by atoms with van der Waals surface area (Å²) in [7, 11) is 0. The van der Waals surface area contributed by atoms with E-state index in [-0.39, 0.29) is 0 Å². The molecule has 0 N–H and O–H groups in total. The second-order valence-corrected chi connectivity index (χ2v) is 8.16. The lowest BCUT2D eigenvalue weighted by Gasteiger charge is -2.01. The Kier molecular flexibility index (Phi) is 13.0. The number of rotatable bonds is 9. The molecule has 0 aliphatic heterocycles. The summed E-state index contributed by atoms with van der Waals surface area (Å²) >= 11 is 13.7. The molecular formula is C12H22S4. The van der Waals surface area contributed by atoms with Crippen molar-refractivity contribution < 1.29 is 0 Å². The second-order valence-electron chi connectivity index (χ2n) is 3.80. The van der Waals surface area contributed by atoms with E-state index in [0.717, 1.165) is 8.39 Å². The Morgan fingerprint density at radius 1 is 0.688 bits per heavy atom.